The number of halogens is 2. The van der Waals surface area contributed by atoms with Gasteiger partial charge in [-0.15, -0.1) is 0 Å². The van der Waals surface area contributed by atoms with Gasteiger partial charge in [-0.25, -0.2) is 0 Å². The lowest BCUT2D eigenvalue weighted by molar-refractivity contribution is -0.140. The fourth-order valence-electron chi connectivity index (χ4n) is 4.27. The molecule has 0 aromatic heterocycles. The number of aliphatic hydroxyl groups is 1. The summed E-state index contributed by atoms with van der Waals surface area (Å²) < 4.78 is 6.16. The lowest BCUT2D eigenvalue weighted by Crippen LogP contribution is -2.38. The third-order valence-electron chi connectivity index (χ3n) is 5.90. The Balaban J connectivity index is 1.71. The molecule has 0 saturated carbocycles. The van der Waals surface area contributed by atoms with Crippen LogP contribution in [0, 0.1) is 0 Å². The normalized spacial score (nSPS) is 21.0. The lowest BCUT2D eigenvalue weighted by Gasteiger charge is -2.29. The highest BCUT2D eigenvalue weighted by Gasteiger charge is 2.46. The van der Waals surface area contributed by atoms with E-state index in [0.717, 1.165) is 24.1 Å². The van der Waals surface area contributed by atoms with Crippen LogP contribution in [-0.2, 0) is 14.3 Å². The van der Waals surface area contributed by atoms with Crippen molar-refractivity contribution in [3.63, 3.8) is 0 Å². The van der Waals surface area contributed by atoms with Crippen molar-refractivity contribution >= 4 is 45.0 Å². The number of rotatable bonds is 6. The van der Waals surface area contributed by atoms with Crippen molar-refractivity contribution in [2.45, 2.75) is 12.5 Å². The molecule has 1 atom stereocenters. The molecule has 2 aliphatic heterocycles. The Hall–Kier alpha value is -2.39. The van der Waals surface area contributed by atoms with Crippen LogP contribution in [0.3, 0.4) is 0 Å². The monoisotopic (exact) mass is 534 g/mol. The van der Waals surface area contributed by atoms with Crippen LogP contribution in [0.1, 0.15) is 23.6 Å². The number of phenols is 1. The summed E-state index contributed by atoms with van der Waals surface area (Å²) in [6.45, 7) is 4.16. The molecule has 0 spiro atoms. The Morgan fingerprint density at radius 3 is 2.61 bits per heavy atom. The van der Waals surface area contributed by atoms with E-state index in [9.17, 15) is 19.8 Å². The van der Waals surface area contributed by atoms with Gasteiger partial charge < -0.3 is 19.8 Å². The van der Waals surface area contributed by atoms with Gasteiger partial charge in [0.15, 0.2) is 0 Å². The van der Waals surface area contributed by atoms with Crippen LogP contribution < -0.4 is 0 Å². The highest BCUT2D eigenvalue weighted by molar-refractivity contribution is 9.10. The average Bonchev–Trinajstić information content (AvgIpc) is 3.06. The number of aliphatic hydroxyl groups excluding tert-OH is 1. The van der Waals surface area contributed by atoms with Gasteiger partial charge in [-0.2, -0.15) is 0 Å². The first kappa shape index (κ1) is 23.8. The minimum absolute atomic E-state index is 0.00816. The summed E-state index contributed by atoms with van der Waals surface area (Å²) in [5.41, 5.74) is 0.619. The summed E-state index contributed by atoms with van der Waals surface area (Å²) >= 11 is 9.50. The van der Waals surface area contributed by atoms with E-state index in [0.29, 0.717) is 31.7 Å². The van der Waals surface area contributed by atoms with Gasteiger partial charge in [0.2, 0.25) is 0 Å². The number of benzene rings is 2. The van der Waals surface area contributed by atoms with E-state index in [1.807, 2.05) is 18.2 Å². The second kappa shape index (κ2) is 10.3. The second-order valence-electron chi connectivity index (χ2n) is 8.02. The Morgan fingerprint density at radius 2 is 1.88 bits per heavy atom. The van der Waals surface area contributed by atoms with Crippen molar-refractivity contribution in [1.29, 1.82) is 0 Å². The first-order chi connectivity index (χ1) is 15.9. The van der Waals surface area contributed by atoms with Gasteiger partial charge in [0.1, 0.15) is 11.5 Å². The van der Waals surface area contributed by atoms with E-state index >= 15 is 0 Å². The molecule has 33 heavy (non-hydrogen) atoms. The first-order valence-corrected chi connectivity index (χ1v) is 11.9. The van der Waals surface area contributed by atoms with Gasteiger partial charge in [-0.1, -0.05) is 39.7 Å². The summed E-state index contributed by atoms with van der Waals surface area (Å²) in [6, 6.07) is 10.7. The van der Waals surface area contributed by atoms with Crippen molar-refractivity contribution in [3.05, 3.63) is 68.7 Å². The molecule has 0 radical (unpaired) electrons. The Kier molecular flexibility index (Phi) is 7.38. The van der Waals surface area contributed by atoms with E-state index < -0.39 is 23.5 Å². The third kappa shape index (κ3) is 5.09. The number of nitrogens with zero attached hydrogens (tertiary/aromatic N) is 2. The Labute approximate surface area is 205 Å². The van der Waals surface area contributed by atoms with Gasteiger partial charge >= 0.3 is 0 Å². The van der Waals surface area contributed by atoms with Crippen LogP contribution in [-0.4, -0.2) is 71.1 Å². The van der Waals surface area contributed by atoms with E-state index in [2.05, 4.69) is 20.8 Å². The van der Waals surface area contributed by atoms with Gasteiger partial charge in [0, 0.05) is 35.7 Å². The predicted molar refractivity (Wildman–Crippen MR) is 128 cm³/mol. The summed E-state index contributed by atoms with van der Waals surface area (Å²) in [5.74, 6) is -2.15. The molecular formula is C24H24BrClN2O5. The van der Waals surface area contributed by atoms with Crippen LogP contribution in [0.15, 0.2) is 52.5 Å². The average molecular weight is 536 g/mol. The number of Topliss-reactive ketones (excluding diaryl/α,β-unsaturated/α-hetero) is 1. The number of aromatic hydroxyl groups is 1. The molecule has 1 amide bonds. The summed E-state index contributed by atoms with van der Waals surface area (Å²) in [5, 5.41) is 21.7. The summed E-state index contributed by atoms with van der Waals surface area (Å²) in [4.78, 5) is 29.9. The quantitative estimate of drug-likeness (QED) is 0.331. The molecule has 2 N–H and O–H groups in total. The van der Waals surface area contributed by atoms with E-state index in [4.69, 9.17) is 16.3 Å². The molecule has 0 bridgehead atoms. The molecule has 2 aromatic carbocycles. The largest absolute Gasteiger partial charge is 0.507 e. The fraction of sp³-hybridized carbons (Fsp3) is 0.333. The number of ketones is 1. The highest BCUT2D eigenvalue weighted by Crippen LogP contribution is 2.41. The van der Waals surface area contributed by atoms with Gasteiger partial charge in [0.05, 0.1) is 30.4 Å². The van der Waals surface area contributed by atoms with E-state index in [1.54, 1.807) is 6.07 Å². The summed E-state index contributed by atoms with van der Waals surface area (Å²) in [7, 11) is 0. The molecule has 2 saturated heterocycles. The number of ether oxygens (including phenoxy) is 1. The number of morpholine rings is 1. The first-order valence-electron chi connectivity index (χ1n) is 10.7. The molecule has 4 rings (SSSR count). The number of phenolic OH excluding ortho intramolecular Hbond substituents is 1. The Morgan fingerprint density at radius 1 is 1.12 bits per heavy atom. The maximum absolute atomic E-state index is 13.1. The van der Waals surface area contributed by atoms with Crippen molar-refractivity contribution in [3.8, 4) is 5.75 Å². The molecule has 2 fully saturated rings. The zero-order chi connectivity index (χ0) is 23.5. The van der Waals surface area contributed by atoms with Crippen LogP contribution in [0.4, 0.5) is 0 Å². The Bertz CT molecular complexity index is 1100. The third-order valence-corrected chi connectivity index (χ3v) is 6.62. The standard InChI is InChI=1S/C24H24BrClN2O5/c25-16-4-1-3-15(13-16)21-20(22(30)18-14-17(26)5-6-19(18)29)23(31)24(32)28(21)8-2-7-27-9-11-33-12-10-27/h1,3-6,13-14,21,29-30H,2,7-12H2/t21-/m1/s1. The number of carbonyl (C=O) groups excluding carboxylic acids is 2. The van der Waals surface area contributed by atoms with Crippen molar-refractivity contribution < 1.29 is 24.5 Å². The van der Waals surface area contributed by atoms with Gasteiger partial charge in [-0.3, -0.25) is 14.5 Å². The predicted octanol–water partition coefficient (Wildman–Crippen LogP) is 3.95. The van der Waals surface area contributed by atoms with Crippen LogP contribution in [0.5, 0.6) is 5.75 Å². The molecule has 0 unspecified atom stereocenters. The zero-order valence-electron chi connectivity index (χ0n) is 17.8. The fourth-order valence-corrected chi connectivity index (χ4v) is 4.86. The molecular weight excluding hydrogens is 512 g/mol. The number of amides is 1. The minimum Gasteiger partial charge on any atom is -0.507 e. The highest BCUT2D eigenvalue weighted by atomic mass is 79.9. The van der Waals surface area contributed by atoms with Crippen LogP contribution >= 0.6 is 27.5 Å². The van der Waals surface area contributed by atoms with Gasteiger partial charge in [0.25, 0.3) is 11.7 Å². The smallest absolute Gasteiger partial charge is 0.295 e. The van der Waals surface area contributed by atoms with E-state index in [-0.39, 0.29) is 21.9 Å². The minimum atomic E-state index is -0.789. The van der Waals surface area contributed by atoms with E-state index in [1.165, 1.54) is 23.1 Å². The van der Waals surface area contributed by atoms with Crippen molar-refractivity contribution in [2.75, 3.05) is 39.4 Å². The maximum Gasteiger partial charge on any atom is 0.295 e. The molecule has 174 valence electrons. The molecule has 0 aliphatic carbocycles. The number of carbonyl (C=O) groups is 2. The molecule has 9 heteroatoms. The summed E-state index contributed by atoms with van der Waals surface area (Å²) in [6.07, 6.45) is 0.667. The van der Waals surface area contributed by atoms with Crippen LogP contribution in [0.25, 0.3) is 5.76 Å². The molecule has 7 nitrogen and oxygen atoms in total. The van der Waals surface area contributed by atoms with Crippen molar-refractivity contribution in [2.24, 2.45) is 0 Å². The molecule has 2 aliphatic rings. The maximum atomic E-state index is 13.1. The van der Waals surface area contributed by atoms with Crippen LogP contribution in [0.2, 0.25) is 5.02 Å². The second-order valence-corrected chi connectivity index (χ2v) is 9.37. The zero-order valence-corrected chi connectivity index (χ0v) is 20.2. The SMILES string of the molecule is O=C1C(=O)N(CCCN2CCOCC2)[C@H](c2cccc(Br)c2)C1=C(O)c1cc(Cl)ccc1O. The molecule has 2 heterocycles. The number of hydrogen-bond acceptors (Lipinski definition) is 6. The lowest BCUT2D eigenvalue weighted by atomic mass is 9.95. The van der Waals surface area contributed by atoms with Gasteiger partial charge in [-0.05, 0) is 42.3 Å². The topological polar surface area (TPSA) is 90.3 Å². The number of hydrogen-bond donors (Lipinski definition) is 2. The van der Waals surface area contributed by atoms with Crippen molar-refractivity contribution in [1.82, 2.24) is 9.80 Å². The number of likely N-dealkylation sites (tertiary alicyclic amines) is 1. The molecule has 2 aromatic rings.